The molecule has 17 heavy (non-hydrogen) atoms. The van der Waals surface area contributed by atoms with E-state index in [4.69, 9.17) is 5.73 Å². The highest BCUT2D eigenvalue weighted by molar-refractivity contribution is 5.90. The number of hydrogen-bond acceptors (Lipinski definition) is 4. The molecule has 0 bridgehead atoms. The second-order valence-electron chi connectivity index (χ2n) is 3.40. The molecule has 0 aliphatic carbocycles. The van der Waals surface area contributed by atoms with E-state index in [-0.39, 0.29) is 24.1 Å². The van der Waals surface area contributed by atoms with Crippen LogP contribution in [0.15, 0.2) is 30.5 Å². The summed E-state index contributed by atoms with van der Waals surface area (Å²) in [6.07, 6.45) is 1.45. The topological polar surface area (TPSA) is 85.8 Å². The summed E-state index contributed by atoms with van der Waals surface area (Å²) in [5, 5.41) is 9.77. The van der Waals surface area contributed by atoms with Gasteiger partial charge in [0.2, 0.25) is 5.91 Å². The van der Waals surface area contributed by atoms with E-state index < -0.39 is 0 Å². The molecule has 1 aromatic carbocycles. The van der Waals surface area contributed by atoms with Crippen LogP contribution in [0.25, 0.3) is 0 Å². The summed E-state index contributed by atoms with van der Waals surface area (Å²) in [6.45, 7) is 0.00156. The largest absolute Gasteiger partial charge is 0.381 e. The second-order valence-corrected chi connectivity index (χ2v) is 3.40. The number of amides is 1. The fraction of sp³-hybridized carbons (Fsp3) is 0.100. The number of nitrogen functional groups attached to an aromatic ring is 1. The maximum atomic E-state index is 12.6. The van der Waals surface area contributed by atoms with Crippen LogP contribution in [0.5, 0.6) is 0 Å². The first-order chi connectivity index (χ1) is 8.13. The van der Waals surface area contributed by atoms with E-state index in [0.29, 0.717) is 5.69 Å². The van der Waals surface area contributed by atoms with Crippen molar-refractivity contribution in [1.29, 1.82) is 0 Å². The van der Waals surface area contributed by atoms with Crippen molar-refractivity contribution < 1.29 is 9.18 Å². The van der Waals surface area contributed by atoms with Crippen LogP contribution in [-0.2, 0) is 11.3 Å². The monoisotopic (exact) mass is 235 g/mol. The van der Waals surface area contributed by atoms with Gasteiger partial charge in [0.1, 0.15) is 12.4 Å². The molecule has 0 saturated heterocycles. The molecule has 7 heteroatoms. The molecule has 0 atom stereocenters. The number of nitrogens with one attached hydrogen (secondary N) is 1. The van der Waals surface area contributed by atoms with Gasteiger partial charge in [0.15, 0.2) is 5.82 Å². The number of nitrogens with two attached hydrogens (primary N) is 1. The molecule has 2 rings (SSSR count). The minimum absolute atomic E-state index is 0.00156. The molecule has 0 spiro atoms. The van der Waals surface area contributed by atoms with Gasteiger partial charge < -0.3 is 11.1 Å². The van der Waals surface area contributed by atoms with Gasteiger partial charge >= 0.3 is 0 Å². The molecular weight excluding hydrogens is 225 g/mol. The van der Waals surface area contributed by atoms with E-state index in [0.717, 1.165) is 0 Å². The number of carbonyl (C=O) groups is 1. The maximum absolute atomic E-state index is 12.6. The van der Waals surface area contributed by atoms with Crippen molar-refractivity contribution in [3.63, 3.8) is 0 Å². The Kier molecular flexibility index (Phi) is 2.99. The van der Waals surface area contributed by atoms with Crippen LogP contribution < -0.4 is 11.1 Å². The molecule has 0 unspecified atom stereocenters. The lowest BCUT2D eigenvalue weighted by Crippen LogP contribution is -2.19. The van der Waals surface area contributed by atoms with Gasteiger partial charge in [-0.25, -0.2) is 9.07 Å². The SMILES string of the molecule is Nc1cn(CC(=O)Nc2ccc(F)cc2)nn1. The van der Waals surface area contributed by atoms with Crippen LogP contribution in [-0.4, -0.2) is 20.9 Å². The van der Waals surface area contributed by atoms with E-state index in [1.54, 1.807) is 0 Å². The van der Waals surface area contributed by atoms with Crippen molar-refractivity contribution in [2.45, 2.75) is 6.54 Å². The van der Waals surface area contributed by atoms with Gasteiger partial charge in [0, 0.05) is 5.69 Å². The summed E-state index contributed by atoms with van der Waals surface area (Å²) in [4.78, 5) is 11.5. The van der Waals surface area contributed by atoms with Crippen molar-refractivity contribution in [2.24, 2.45) is 0 Å². The van der Waals surface area contributed by atoms with Crippen molar-refractivity contribution in [2.75, 3.05) is 11.1 Å². The van der Waals surface area contributed by atoms with Gasteiger partial charge in [-0.2, -0.15) is 0 Å². The van der Waals surface area contributed by atoms with E-state index in [1.807, 2.05) is 0 Å². The zero-order valence-electron chi connectivity index (χ0n) is 8.80. The first kappa shape index (κ1) is 11.1. The number of nitrogens with zero attached hydrogens (tertiary/aromatic N) is 3. The van der Waals surface area contributed by atoms with Crippen LogP contribution in [0.1, 0.15) is 0 Å². The van der Waals surface area contributed by atoms with Gasteiger partial charge in [-0.3, -0.25) is 4.79 Å². The highest BCUT2D eigenvalue weighted by atomic mass is 19.1. The summed E-state index contributed by atoms with van der Waals surface area (Å²) in [5.41, 5.74) is 5.87. The molecule has 3 N–H and O–H groups in total. The van der Waals surface area contributed by atoms with Gasteiger partial charge in [0.05, 0.1) is 6.20 Å². The third-order valence-corrected chi connectivity index (χ3v) is 1.99. The Hall–Kier alpha value is -2.44. The number of hydrogen-bond donors (Lipinski definition) is 2. The predicted molar refractivity (Wildman–Crippen MR) is 59.5 cm³/mol. The standard InChI is InChI=1S/C10H10FN5O/c11-7-1-3-8(4-2-7)13-10(17)6-16-5-9(12)14-15-16/h1-5H,6,12H2,(H,13,17). The molecule has 0 saturated carbocycles. The first-order valence-electron chi connectivity index (χ1n) is 4.84. The molecule has 1 aromatic heterocycles. The van der Waals surface area contributed by atoms with Crippen molar-refractivity contribution in [1.82, 2.24) is 15.0 Å². The van der Waals surface area contributed by atoms with Gasteiger partial charge in [-0.15, -0.1) is 5.10 Å². The minimum atomic E-state index is -0.355. The summed E-state index contributed by atoms with van der Waals surface area (Å²) >= 11 is 0. The lowest BCUT2D eigenvalue weighted by Gasteiger charge is -2.04. The van der Waals surface area contributed by atoms with Gasteiger partial charge in [-0.05, 0) is 24.3 Å². The average Bonchev–Trinajstić information content (AvgIpc) is 2.67. The number of anilines is 2. The molecule has 0 aliphatic rings. The van der Waals surface area contributed by atoms with Crippen LogP contribution in [0.3, 0.4) is 0 Å². The lowest BCUT2D eigenvalue weighted by atomic mass is 10.3. The molecule has 1 heterocycles. The van der Waals surface area contributed by atoms with E-state index >= 15 is 0 Å². The van der Waals surface area contributed by atoms with Crippen molar-refractivity contribution in [3.8, 4) is 0 Å². The minimum Gasteiger partial charge on any atom is -0.381 e. The Bertz CT molecular complexity index is 522. The average molecular weight is 235 g/mol. The molecular formula is C10H10FN5O. The Morgan fingerprint density at radius 1 is 1.41 bits per heavy atom. The Labute approximate surface area is 96.2 Å². The predicted octanol–water partition coefficient (Wildman–Crippen LogP) is 0.638. The molecule has 2 aromatic rings. The fourth-order valence-corrected chi connectivity index (χ4v) is 1.27. The van der Waals surface area contributed by atoms with Crippen LogP contribution >= 0.6 is 0 Å². The molecule has 0 radical (unpaired) electrons. The molecule has 0 fully saturated rings. The number of rotatable bonds is 3. The summed E-state index contributed by atoms with van der Waals surface area (Å²) in [6, 6.07) is 5.48. The number of aromatic nitrogens is 3. The van der Waals surface area contributed by atoms with Crippen LogP contribution in [0.4, 0.5) is 15.9 Å². The van der Waals surface area contributed by atoms with E-state index in [1.165, 1.54) is 35.1 Å². The quantitative estimate of drug-likeness (QED) is 0.817. The fourth-order valence-electron chi connectivity index (χ4n) is 1.27. The van der Waals surface area contributed by atoms with Gasteiger partial charge in [0.25, 0.3) is 0 Å². The summed E-state index contributed by atoms with van der Waals surface area (Å²) in [5.74, 6) is -0.395. The number of halogens is 1. The van der Waals surface area contributed by atoms with Crippen LogP contribution in [0, 0.1) is 5.82 Å². The van der Waals surface area contributed by atoms with Crippen molar-refractivity contribution >= 4 is 17.4 Å². The second kappa shape index (κ2) is 4.60. The number of carbonyl (C=O) groups excluding carboxylic acids is 1. The Balaban J connectivity index is 1.95. The zero-order chi connectivity index (χ0) is 12.3. The van der Waals surface area contributed by atoms with Crippen molar-refractivity contribution in [3.05, 3.63) is 36.3 Å². The molecule has 1 amide bonds. The Morgan fingerprint density at radius 2 is 2.12 bits per heavy atom. The summed E-state index contributed by atoms with van der Waals surface area (Å²) < 4.78 is 13.9. The smallest absolute Gasteiger partial charge is 0.246 e. The normalized spacial score (nSPS) is 10.2. The zero-order valence-corrected chi connectivity index (χ0v) is 8.80. The van der Waals surface area contributed by atoms with Crippen LogP contribution in [0.2, 0.25) is 0 Å². The summed E-state index contributed by atoms with van der Waals surface area (Å²) in [7, 11) is 0. The number of benzene rings is 1. The highest BCUT2D eigenvalue weighted by Gasteiger charge is 2.05. The Morgan fingerprint density at radius 3 is 2.71 bits per heavy atom. The molecule has 6 nitrogen and oxygen atoms in total. The molecule has 88 valence electrons. The highest BCUT2D eigenvalue weighted by Crippen LogP contribution is 2.08. The molecule has 0 aliphatic heterocycles. The van der Waals surface area contributed by atoms with E-state index in [2.05, 4.69) is 15.6 Å². The van der Waals surface area contributed by atoms with E-state index in [9.17, 15) is 9.18 Å². The lowest BCUT2D eigenvalue weighted by molar-refractivity contribution is -0.116. The van der Waals surface area contributed by atoms with Gasteiger partial charge in [-0.1, -0.05) is 5.21 Å². The third kappa shape index (κ3) is 3.00. The maximum Gasteiger partial charge on any atom is 0.246 e. The first-order valence-corrected chi connectivity index (χ1v) is 4.84. The third-order valence-electron chi connectivity index (χ3n) is 1.99.